The molecule has 1 saturated heterocycles. The molecule has 0 saturated carbocycles. The molecule has 0 radical (unpaired) electrons. The fourth-order valence-electron chi connectivity index (χ4n) is 1.96. The van der Waals surface area contributed by atoms with E-state index in [1.54, 1.807) is 10.9 Å². The highest BCUT2D eigenvalue weighted by Crippen LogP contribution is 2.12. The standard InChI is InChI=1S/C12H19N3O2/c16-12(4-7-15-6-2-5-14-15)13-9-11-3-1-8-17-10-11/h2,5-6,11H,1,3-4,7-10H2,(H,13,16). The lowest BCUT2D eigenvalue weighted by atomic mass is 10.0. The Morgan fingerprint density at radius 1 is 1.59 bits per heavy atom. The van der Waals surface area contributed by atoms with Crippen molar-refractivity contribution in [1.29, 1.82) is 0 Å². The molecule has 0 spiro atoms. The van der Waals surface area contributed by atoms with Gasteiger partial charge in [-0.3, -0.25) is 9.48 Å². The second-order valence-electron chi connectivity index (χ2n) is 4.41. The third kappa shape index (κ3) is 4.19. The summed E-state index contributed by atoms with van der Waals surface area (Å²) in [5.74, 6) is 0.573. The molecule has 1 aliphatic heterocycles. The normalized spacial score (nSPS) is 20.1. The lowest BCUT2D eigenvalue weighted by Gasteiger charge is -2.22. The van der Waals surface area contributed by atoms with Crippen LogP contribution in [0.25, 0.3) is 0 Å². The first-order chi connectivity index (χ1) is 8.34. The molecule has 1 aromatic rings. The van der Waals surface area contributed by atoms with Gasteiger partial charge in [0, 0.05) is 38.5 Å². The molecule has 1 amide bonds. The highest BCUT2D eigenvalue weighted by atomic mass is 16.5. The number of nitrogens with zero attached hydrogens (tertiary/aromatic N) is 2. The molecule has 1 unspecified atom stereocenters. The number of carbonyl (C=O) groups is 1. The molecular formula is C12H19N3O2. The fourth-order valence-corrected chi connectivity index (χ4v) is 1.96. The third-order valence-corrected chi connectivity index (χ3v) is 2.97. The van der Waals surface area contributed by atoms with Crippen molar-refractivity contribution in [3.63, 3.8) is 0 Å². The van der Waals surface area contributed by atoms with E-state index < -0.39 is 0 Å². The quantitative estimate of drug-likeness (QED) is 0.824. The number of rotatable bonds is 5. The van der Waals surface area contributed by atoms with Gasteiger partial charge in [-0.05, 0) is 24.8 Å². The summed E-state index contributed by atoms with van der Waals surface area (Å²) in [6.45, 7) is 3.02. The van der Waals surface area contributed by atoms with E-state index in [1.807, 2.05) is 12.3 Å². The van der Waals surface area contributed by atoms with E-state index >= 15 is 0 Å². The first-order valence-corrected chi connectivity index (χ1v) is 6.16. The lowest BCUT2D eigenvalue weighted by molar-refractivity contribution is -0.121. The first kappa shape index (κ1) is 12.1. The zero-order valence-electron chi connectivity index (χ0n) is 9.97. The maximum atomic E-state index is 11.6. The Morgan fingerprint density at radius 2 is 2.53 bits per heavy atom. The SMILES string of the molecule is O=C(CCn1cccn1)NCC1CCCOC1. The van der Waals surface area contributed by atoms with Gasteiger partial charge in [-0.2, -0.15) is 5.10 Å². The average molecular weight is 237 g/mol. The number of carbonyl (C=O) groups excluding carboxylic acids is 1. The van der Waals surface area contributed by atoms with Gasteiger partial charge in [0.15, 0.2) is 0 Å². The van der Waals surface area contributed by atoms with Crippen molar-refractivity contribution in [2.75, 3.05) is 19.8 Å². The van der Waals surface area contributed by atoms with Crippen LogP contribution in [0.5, 0.6) is 0 Å². The third-order valence-electron chi connectivity index (χ3n) is 2.97. The first-order valence-electron chi connectivity index (χ1n) is 6.16. The van der Waals surface area contributed by atoms with Crippen LogP contribution in [0.1, 0.15) is 19.3 Å². The smallest absolute Gasteiger partial charge is 0.221 e. The van der Waals surface area contributed by atoms with Crippen molar-refractivity contribution < 1.29 is 9.53 Å². The van der Waals surface area contributed by atoms with Gasteiger partial charge < -0.3 is 10.1 Å². The molecule has 94 valence electrons. The number of hydrogen-bond acceptors (Lipinski definition) is 3. The summed E-state index contributed by atoms with van der Waals surface area (Å²) in [6.07, 6.45) is 6.32. The Hall–Kier alpha value is -1.36. The van der Waals surface area contributed by atoms with E-state index in [0.717, 1.165) is 32.6 Å². The van der Waals surface area contributed by atoms with E-state index in [9.17, 15) is 4.79 Å². The number of aromatic nitrogens is 2. The van der Waals surface area contributed by atoms with Gasteiger partial charge in [-0.15, -0.1) is 0 Å². The van der Waals surface area contributed by atoms with Gasteiger partial charge in [-0.25, -0.2) is 0 Å². The van der Waals surface area contributed by atoms with Crippen LogP contribution in [0.15, 0.2) is 18.5 Å². The summed E-state index contributed by atoms with van der Waals surface area (Å²) in [5, 5.41) is 7.01. The lowest BCUT2D eigenvalue weighted by Crippen LogP contribution is -2.33. The van der Waals surface area contributed by atoms with Crippen molar-refractivity contribution in [2.24, 2.45) is 5.92 Å². The largest absolute Gasteiger partial charge is 0.381 e. The molecule has 2 rings (SSSR count). The minimum atomic E-state index is 0.0890. The van der Waals surface area contributed by atoms with Crippen LogP contribution in [-0.2, 0) is 16.1 Å². The summed E-state index contributed by atoms with van der Waals surface area (Å²) >= 11 is 0. The number of hydrogen-bond donors (Lipinski definition) is 1. The number of aryl methyl sites for hydroxylation is 1. The Morgan fingerprint density at radius 3 is 3.24 bits per heavy atom. The molecule has 0 aliphatic carbocycles. The van der Waals surface area contributed by atoms with Crippen LogP contribution < -0.4 is 5.32 Å². The highest BCUT2D eigenvalue weighted by molar-refractivity contribution is 5.75. The van der Waals surface area contributed by atoms with Gasteiger partial charge >= 0.3 is 0 Å². The molecule has 1 fully saturated rings. The minimum Gasteiger partial charge on any atom is -0.381 e. The van der Waals surface area contributed by atoms with Crippen LogP contribution in [0.4, 0.5) is 0 Å². The number of nitrogens with one attached hydrogen (secondary N) is 1. The predicted molar refractivity (Wildman–Crippen MR) is 63.4 cm³/mol. The molecule has 1 aromatic heterocycles. The van der Waals surface area contributed by atoms with Crippen molar-refractivity contribution in [1.82, 2.24) is 15.1 Å². The highest BCUT2D eigenvalue weighted by Gasteiger charge is 2.14. The van der Waals surface area contributed by atoms with Crippen molar-refractivity contribution in [3.05, 3.63) is 18.5 Å². The maximum absolute atomic E-state index is 11.6. The van der Waals surface area contributed by atoms with Crippen LogP contribution in [0.3, 0.4) is 0 Å². The fraction of sp³-hybridized carbons (Fsp3) is 0.667. The maximum Gasteiger partial charge on any atom is 0.221 e. The Labute approximate surface area is 101 Å². The summed E-state index contributed by atoms with van der Waals surface area (Å²) in [6, 6.07) is 1.86. The molecule has 1 N–H and O–H groups in total. The number of ether oxygens (including phenoxy) is 1. The van der Waals surface area contributed by atoms with Crippen LogP contribution in [0, 0.1) is 5.92 Å². The molecule has 5 heteroatoms. The zero-order valence-corrected chi connectivity index (χ0v) is 9.97. The van der Waals surface area contributed by atoms with E-state index in [1.165, 1.54) is 0 Å². The monoisotopic (exact) mass is 237 g/mol. The predicted octanol–water partition coefficient (Wildman–Crippen LogP) is 0.816. The van der Waals surface area contributed by atoms with Gasteiger partial charge in [-0.1, -0.05) is 0 Å². The zero-order chi connectivity index (χ0) is 11.9. The topological polar surface area (TPSA) is 56.2 Å². The molecule has 0 aromatic carbocycles. The van der Waals surface area contributed by atoms with Gasteiger partial charge in [0.25, 0.3) is 0 Å². The van der Waals surface area contributed by atoms with Crippen LogP contribution in [0.2, 0.25) is 0 Å². The molecule has 0 bridgehead atoms. The van der Waals surface area contributed by atoms with Gasteiger partial charge in [0.1, 0.15) is 0 Å². The molecule has 2 heterocycles. The molecule has 1 atom stereocenters. The molecular weight excluding hydrogens is 218 g/mol. The summed E-state index contributed by atoms with van der Waals surface area (Å²) < 4.78 is 7.14. The van der Waals surface area contributed by atoms with Crippen molar-refractivity contribution in [2.45, 2.75) is 25.8 Å². The Kier molecular flexibility index (Phi) is 4.55. The Bertz CT molecular complexity index is 332. The summed E-state index contributed by atoms with van der Waals surface area (Å²) in [7, 11) is 0. The number of amides is 1. The van der Waals surface area contributed by atoms with Gasteiger partial charge in [0.2, 0.25) is 5.91 Å². The molecule has 17 heavy (non-hydrogen) atoms. The average Bonchev–Trinajstić information content (AvgIpc) is 2.88. The van der Waals surface area contributed by atoms with Crippen LogP contribution in [-0.4, -0.2) is 35.4 Å². The van der Waals surface area contributed by atoms with E-state index in [2.05, 4.69) is 10.4 Å². The van der Waals surface area contributed by atoms with Crippen molar-refractivity contribution in [3.8, 4) is 0 Å². The van der Waals surface area contributed by atoms with Crippen LogP contribution >= 0.6 is 0 Å². The van der Waals surface area contributed by atoms with Crippen molar-refractivity contribution >= 4 is 5.91 Å². The van der Waals surface area contributed by atoms with E-state index in [4.69, 9.17) is 4.74 Å². The minimum absolute atomic E-state index is 0.0890. The molecule has 5 nitrogen and oxygen atoms in total. The second kappa shape index (κ2) is 6.39. The summed E-state index contributed by atoms with van der Waals surface area (Å²) in [4.78, 5) is 11.6. The summed E-state index contributed by atoms with van der Waals surface area (Å²) in [5.41, 5.74) is 0. The Balaban J connectivity index is 1.60. The second-order valence-corrected chi connectivity index (χ2v) is 4.41. The van der Waals surface area contributed by atoms with Gasteiger partial charge in [0.05, 0.1) is 6.61 Å². The van der Waals surface area contributed by atoms with E-state index in [-0.39, 0.29) is 5.91 Å². The van der Waals surface area contributed by atoms with E-state index in [0.29, 0.717) is 18.9 Å². The molecule has 1 aliphatic rings.